The van der Waals surface area contributed by atoms with E-state index in [1.54, 1.807) is 6.08 Å². The minimum atomic E-state index is -2.98. The normalized spacial score (nSPS) is 21.9. The molecule has 0 aliphatic carbocycles. The third-order valence-corrected chi connectivity index (χ3v) is 4.26. The third kappa shape index (κ3) is 3.09. The number of sulfone groups is 1. The zero-order valence-electron chi connectivity index (χ0n) is 10.1. The second-order valence-corrected chi connectivity index (χ2v) is 6.62. The highest BCUT2D eigenvalue weighted by molar-refractivity contribution is 7.94. The zero-order valence-corrected chi connectivity index (χ0v) is 10.9. The van der Waals surface area contributed by atoms with Gasteiger partial charge in [0.2, 0.25) is 0 Å². The van der Waals surface area contributed by atoms with Crippen LogP contribution in [0.15, 0.2) is 35.7 Å². The highest BCUT2D eigenvalue weighted by Gasteiger charge is 2.21. The van der Waals surface area contributed by atoms with E-state index in [0.29, 0.717) is 5.92 Å². The molecule has 0 spiro atoms. The Morgan fingerprint density at radius 1 is 1.24 bits per heavy atom. The molecule has 1 heterocycles. The summed E-state index contributed by atoms with van der Waals surface area (Å²) in [6.45, 7) is 4.30. The monoisotopic (exact) mass is 251 g/mol. The summed E-state index contributed by atoms with van der Waals surface area (Å²) in [7, 11) is -2.98. The fraction of sp³-hybridized carbons (Fsp3) is 0.385. The summed E-state index contributed by atoms with van der Waals surface area (Å²) in [4.78, 5) is 0. The molecule has 1 aliphatic heterocycles. The molecule has 1 aromatic rings. The number of rotatable bonds is 3. The lowest BCUT2D eigenvalue weighted by molar-refractivity contribution is 0.605. The summed E-state index contributed by atoms with van der Waals surface area (Å²) >= 11 is 0. The number of anilines is 1. The Balaban J connectivity index is 2.03. The second-order valence-electron chi connectivity index (χ2n) is 4.69. The minimum absolute atomic E-state index is 0.107. The van der Waals surface area contributed by atoms with Crippen molar-refractivity contribution < 1.29 is 8.42 Å². The van der Waals surface area contributed by atoms with Crippen molar-refractivity contribution in [3.8, 4) is 0 Å². The largest absolute Gasteiger partial charge is 0.378 e. The van der Waals surface area contributed by atoms with Gasteiger partial charge < -0.3 is 5.32 Å². The highest BCUT2D eigenvalue weighted by atomic mass is 32.2. The predicted molar refractivity (Wildman–Crippen MR) is 70.9 cm³/mol. The standard InChI is InChI=1S/C13H17NO2S/c1-10(2)11-3-5-12(6-4-11)14-13-7-8-17(15,16)9-13/h3-8,10,13-14H,9H2,1-2H3. The third-order valence-electron chi connectivity index (χ3n) is 2.86. The molecule has 0 aromatic heterocycles. The van der Waals surface area contributed by atoms with E-state index in [4.69, 9.17) is 0 Å². The second kappa shape index (κ2) is 4.53. The van der Waals surface area contributed by atoms with Gasteiger partial charge in [0.15, 0.2) is 9.84 Å². The SMILES string of the molecule is CC(C)c1ccc(NC2C=CS(=O)(=O)C2)cc1. The van der Waals surface area contributed by atoms with E-state index in [-0.39, 0.29) is 11.8 Å². The quantitative estimate of drug-likeness (QED) is 0.898. The van der Waals surface area contributed by atoms with Crippen LogP contribution in [0.2, 0.25) is 0 Å². The van der Waals surface area contributed by atoms with Gasteiger partial charge in [-0.15, -0.1) is 0 Å². The van der Waals surface area contributed by atoms with Crippen LogP contribution >= 0.6 is 0 Å². The Morgan fingerprint density at radius 2 is 1.88 bits per heavy atom. The maximum absolute atomic E-state index is 11.2. The van der Waals surface area contributed by atoms with Gasteiger partial charge in [-0.1, -0.05) is 32.1 Å². The van der Waals surface area contributed by atoms with E-state index in [1.807, 2.05) is 12.1 Å². The van der Waals surface area contributed by atoms with Crippen LogP contribution in [0.3, 0.4) is 0 Å². The molecular weight excluding hydrogens is 234 g/mol. The van der Waals surface area contributed by atoms with Crippen molar-refractivity contribution in [2.45, 2.75) is 25.8 Å². The van der Waals surface area contributed by atoms with Crippen LogP contribution in [-0.4, -0.2) is 20.2 Å². The molecule has 1 aliphatic rings. The molecule has 1 atom stereocenters. The van der Waals surface area contributed by atoms with Gasteiger partial charge in [-0.3, -0.25) is 0 Å². The predicted octanol–water partition coefficient (Wildman–Crippen LogP) is 2.53. The summed E-state index contributed by atoms with van der Waals surface area (Å²) in [6, 6.07) is 8.02. The zero-order chi connectivity index (χ0) is 12.5. The molecule has 0 radical (unpaired) electrons. The topological polar surface area (TPSA) is 46.2 Å². The Bertz CT molecular complexity index is 515. The molecule has 4 heteroatoms. The molecule has 0 saturated heterocycles. The van der Waals surface area contributed by atoms with Crippen LogP contribution in [0.25, 0.3) is 0 Å². The number of benzene rings is 1. The van der Waals surface area contributed by atoms with Crippen molar-refractivity contribution in [1.82, 2.24) is 0 Å². The van der Waals surface area contributed by atoms with E-state index in [2.05, 4.69) is 31.3 Å². The smallest absolute Gasteiger partial charge is 0.173 e. The number of hydrogen-bond donors (Lipinski definition) is 1. The molecule has 3 nitrogen and oxygen atoms in total. The van der Waals surface area contributed by atoms with Crippen molar-refractivity contribution in [2.24, 2.45) is 0 Å². The molecule has 1 unspecified atom stereocenters. The maximum Gasteiger partial charge on any atom is 0.173 e. The van der Waals surface area contributed by atoms with Crippen molar-refractivity contribution >= 4 is 15.5 Å². The van der Waals surface area contributed by atoms with Gasteiger partial charge in [0.05, 0.1) is 11.8 Å². The average molecular weight is 251 g/mol. The van der Waals surface area contributed by atoms with Gasteiger partial charge in [0.25, 0.3) is 0 Å². The molecule has 92 valence electrons. The molecular formula is C13H17NO2S. The Hall–Kier alpha value is -1.29. The first kappa shape index (κ1) is 12.2. The number of hydrogen-bond acceptors (Lipinski definition) is 3. The molecule has 1 N–H and O–H groups in total. The van der Waals surface area contributed by atoms with Crippen LogP contribution < -0.4 is 5.32 Å². The fourth-order valence-corrected chi connectivity index (χ4v) is 3.08. The Morgan fingerprint density at radius 3 is 2.35 bits per heavy atom. The Labute approximate surface area is 102 Å². The first-order valence-electron chi connectivity index (χ1n) is 5.74. The molecule has 0 saturated carbocycles. The van der Waals surface area contributed by atoms with E-state index in [1.165, 1.54) is 11.0 Å². The van der Waals surface area contributed by atoms with Gasteiger partial charge in [0, 0.05) is 11.1 Å². The molecule has 1 aromatic carbocycles. The lowest BCUT2D eigenvalue weighted by atomic mass is 10.0. The van der Waals surface area contributed by atoms with Crippen LogP contribution in [0.1, 0.15) is 25.3 Å². The summed E-state index contributed by atoms with van der Waals surface area (Å²) < 4.78 is 22.5. The maximum atomic E-state index is 11.2. The van der Waals surface area contributed by atoms with Crippen LogP contribution in [0, 0.1) is 0 Å². The van der Waals surface area contributed by atoms with Gasteiger partial charge in [-0.2, -0.15) is 0 Å². The Kier molecular flexibility index (Phi) is 3.24. The van der Waals surface area contributed by atoms with E-state index >= 15 is 0 Å². The highest BCUT2D eigenvalue weighted by Crippen LogP contribution is 2.19. The van der Waals surface area contributed by atoms with Gasteiger partial charge >= 0.3 is 0 Å². The molecule has 0 bridgehead atoms. The lowest BCUT2D eigenvalue weighted by Gasteiger charge is -2.12. The molecule has 17 heavy (non-hydrogen) atoms. The van der Waals surface area contributed by atoms with Crippen LogP contribution in [-0.2, 0) is 9.84 Å². The van der Waals surface area contributed by atoms with Crippen LogP contribution in [0.5, 0.6) is 0 Å². The van der Waals surface area contributed by atoms with Crippen molar-refractivity contribution in [3.05, 3.63) is 41.3 Å². The summed E-state index contributed by atoms with van der Waals surface area (Å²) in [5.41, 5.74) is 2.24. The van der Waals surface area contributed by atoms with Gasteiger partial charge in [-0.25, -0.2) is 8.42 Å². The van der Waals surface area contributed by atoms with Gasteiger partial charge in [0.1, 0.15) is 0 Å². The first-order valence-corrected chi connectivity index (χ1v) is 7.45. The molecule has 0 amide bonds. The summed E-state index contributed by atoms with van der Waals surface area (Å²) in [6.07, 6.45) is 1.70. The van der Waals surface area contributed by atoms with Gasteiger partial charge in [-0.05, 0) is 23.6 Å². The van der Waals surface area contributed by atoms with Crippen molar-refractivity contribution in [3.63, 3.8) is 0 Å². The summed E-state index contributed by atoms with van der Waals surface area (Å²) in [5, 5.41) is 4.48. The van der Waals surface area contributed by atoms with E-state index < -0.39 is 9.84 Å². The van der Waals surface area contributed by atoms with E-state index in [9.17, 15) is 8.42 Å². The fourth-order valence-electron chi connectivity index (χ4n) is 1.84. The molecule has 0 fully saturated rings. The number of nitrogens with one attached hydrogen (secondary N) is 1. The molecule has 2 rings (SSSR count). The lowest BCUT2D eigenvalue weighted by Crippen LogP contribution is -2.20. The minimum Gasteiger partial charge on any atom is -0.378 e. The summed E-state index contributed by atoms with van der Waals surface area (Å²) in [5.74, 6) is 0.662. The van der Waals surface area contributed by atoms with E-state index in [0.717, 1.165) is 5.69 Å². The van der Waals surface area contributed by atoms with Crippen LogP contribution in [0.4, 0.5) is 5.69 Å². The van der Waals surface area contributed by atoms with Crippen molar-refractivity contribution in [2.75, 3.05) is 11.1 Å². The average Bonchev–Trinajstić information content (AvgIpc) is 2.59. The first-order chi connectivity index (χ1) is 7.96. The van der Waals surface area contributed by atoms with Crippen molar-refractivity contribution in [1.29, 1.82) is 0 Å².